The Morgan fingerprint density at radius 3 is 2.88 bits per heavy atom. The first-order valence-electron chi connectivity index (χ1n) is 5.96. The SMILES string of the molecule is CC(C)NC(C)(CO)CCCSc1nccs1. The zero-order valence-corrected chi connectivity index (χ0v) is 12.4. The summed E-state index contributed by atoms with van der Waals surface area (Å²) in [5.74, 6) is 1.06. The average molecular weight is 274 g/mol. The second-order valence-electron chi connectivity index (χ2n) is 4.77. The number of hydrogen-bond donors (Lipinski definition) is 2. The first-order valence-corrected chi connectivity index (χ1v) is 7.83. The first kappa shape index (κ1) is 15.0. The molecular weight excluding hydrogens is 252 g/mol. The van der Waals surface area contributed by atoms with Crippen LogP contribution in [0.25, 0.3) is 0 Å². The summed E-state index contributed by atoms with van der Waals surface area (Å²) in [5, 5.41) is 14.9. The van der Waals surface area contributed by atoms with E-state index in [1.165, 1.54) is 0 Å². The van der Waals surface area contributed by atoms with E-state index in [4.69, 9.17) is 0 Å². The lowest BCUT2D eigenvalue weighted by molar-refractivity contribution is 0.156. The number of aliphatic hydroxyl groups is 1. The minimum absolute atomic E-state index is 0.155. The Bertz CT molecular complexity index is 303. The smallest absolute Gasteiger partial charge is 0.149 e. The highest BCUT2D eigenvalue weighted by Gasteiger charge is 2.23. The van der Waals surface area contributed by atoms with E-state index in [1.54, 1.807) is 23.1 Å². The van der Waals surface area contributed by atoms with Gasteiger partial charge >= 0.3 is 0 Å². The summed E-state index contributed by atoms with van der Waals surface area (Å²) in [6.45, 7) is 6.49. The van der Waals surface area contributed by atoms with Gasteiger partial charge in [0.15, 0.2) is 0 Å². The molecule has 0 saturated carbocycles. The van der Waals surface area contributed by atoms with Gasteiger partial charge in [-0.2, -0.15) is 0 Å². The van der Waals surface area contributed by atoms with E-state index in [0.29, 0.717) is 6.04 Å². The van der Waals surface area contributed by atoms with Crippen LogP contribution in [0.15, 0.2) is 15.9 Å². The standard InChI is InChI=1S/C12H22N2OS2/c1-10(2)14-12(3,9-15)5-4-7-16-11-13-6-8-17-11/h6,8,10,14-15H,4-5,7,9H2,1-3H3. The van der Waals surface area contributed by atoms with Crippen LogP contribution < -0.4 is 5.32 Å². The van der Waals surface area contributed by atoms with E-state index in [1.807, 2.05) is 11.6 Å². The van der Waals surface area contributed by atoms with E-state index in [-0.39, 0.29) is 12.1 Å². The third-order valence-electron chi connectivity index (χ3n) is 2.49. The Hall–Kier alpha value is -0.100. The molecule has 0 aliphatic heterocycles. The second-order valence-corrected chi connectivity index (χ2v) is 7.00. The Balaban J connectivity index is 2.23. The van der Waals surface area contributed by atoms with Crippen molar-refractivity contribution in [2.24, 2.45) is 0 Å². The van der Waals surface area contributed by atoms with Crippen LogP contribution in [0, 0.1) is 0 Å². The van der Waals surface area contributed by atoms with E-state index in [2.05, 4.69) is 31.1 Å². The molecule has 0 amide bonds. The van der Waals surface area contributed by atoms with E-state index in [0.717, 1.165) is 22.9 Å². The Morgan fingerprint density at radius 2 is 2.35 bits per heavy atom. The number of nitrogens with zero attached hydrogens (tertiary/aromatic N) is 1. The lowest BCUT2D eigenvalue weighted by atomic mass is 9.96. The predicted molar refractivity (Wildman–Crippen MR) is 75.8 cm³/mol. The fraction of sp³-hybridized carbons (Fsp3) is 0.750. The van der Waals surface area contributed by atoms with Gasteiger partial charge in [-0.05, 0) is 19.8 Å². The molecule has 1 atom stereocenters. The average Bonchev–Trinajstić information content (AvgIpc) is 2.76. The highest BCUT2D eigenvalue weighted by Crippen LogP contribution is 2.23. The van der Waals surface area contributed by atoms with Gasteiger partial charge in [0.2, 0.25) is 0 Å². The molecule has 1 rings (SSSR count). The fourth-order valence-electron chi connectivity index (χ4n) is 1.80. The van der Waals surface area contributed by atoms with Crippen LogP contribution in [-0.2, 0) is 0 Å². The van der Waals surface area contributed by atoms with E-state index in [9.17, 15) is 5.11 Å². The van der Waals surface area contributed by atoms with Crippen molar-refractivity contribution in [3.8, 4) is 0 Å². The molecule has 0 aliphatic rings. The van der Waals surface area contributed by atoms with Crippen molar-refractivity contribution in [3.05, 3.63) is 11.6 Å². The molecule has 0 bridgehead atoms. The molecule has 0 radical (unpaired) electrons. The van der Waals surface area contributed by atoms with Crippen molar-refractivity contribution < 1.29 is 5.11 Å². The summed E-state index contributed by atoms with van der Waals surface area (Å²) in [6.07, 6.45) is 3.91. The largest absolute Gasteiger partial charge is 0.394 e. The second kappa shape index (κ2) is 7.36. The van der Waals surface area contributed by atoms with Gasteiger partial charge in [-0.15, -0.1) is 11.3 Å². The molecule has 1 unspecified atom stereocenters. The van der Waals surface area contributed by atoms with Gasteiger partial charge in [-0.1, -0.05) is 25.6 Å². The van der Waals surface area contributed by atoms with Crippen molar-refractivity contribution in [3.63, 3.8) is 0 Å². The maximum atomic E-state index is 9.44. The van der Waals surface area contributed by atoms with Crippen molar-refractivity contribution in [1.29, 1.82) is 0 Å². The Morgan fingerprint density at radius 1 is 1.59 bits per heavy atom. The summed E-state index contributed by atoms with van der Waals surface area (Å²) in [6, 6.07) is 0.402. The molecule has 0 aromatic carbocycles. The summed E-state index contributed by atoms with van der Waals surface area (Å²) in [5.41, 5.74) is -0.155. The van der Waals surface area contributed by atoms with E-state index < -0.39 is 0 Å². The Kier molecular flexibility index (Phi) is 6.48. The quantitative estimate of drug-likeness (QED) is 0.565. The molecule has 0 spiro atoms. The number of hydrogen-bond acceptors (Lipinski definition) is 5. The van der Waals surface area contributed by atoms with Crippen LogP contribution in [0.4, 0.5) is 0 Å². The van der Waals surface area contributed by atoms with Gasteiger partial charge in [-0.25, -0.2) is 4.98 Å². The Labute approximate surface area is 112 Å². The van der Waals surface area contributed by atoms with Gasteiger partial charge in [0.25, 0.3) is 0 Å². The lowest BCUT2D eigenvalue weighted by Gasteiger charge is -2.31. The molecule has 3 nitrogen and oxygen atoms in total. The highest BCUT2D eigenvalue weighted by molar-refractivity contribution is 8.00. The molecule has 2 N–H and O–H groups in total. The minimum Gasteiger partial charge on any atom is -0.394 e. The molecule has 0 aliphatic carbocycles. The predicted octanol–water partition coefficient (Wildman–Crippen LogP) is 2.76. The molecular formula is C12H22N2OS2. The van der Waals surface area contributed by atoms with Crippen molar-refractivity contribution in [2.75, 3.05) is 12.4 Å². The first-order chi connectivity index (χ1) is 8.06. The minimum atomic E-state index is -0.155. The van der Waals surface area contributed by atoms with Gasteiger partial charge in [0.1, 0.15) is 4.34 Å². The fourth-order valence-corrected chi connectivity index (χ4v) is 3.44. The number of thioether (sulfide) groups is 1. The van der Waals surface area contributed by atoms with Crippen molar-refractivity contribution in [2.45, 2.75) is 49.5 Å². The number of thiazole rings is 1. The van der Waals surface area contributed by atoms with Crippen LogP contribution in [-0.4, -0.2) is 34.0 Å². The summed E-state index contributed by atoms with van der Waals surface area (Å²) < 4.78 is 1.13. The number of nitrogens with one attached hydrogen (secondary N) is 1. The number of aliphatic hydroxyl groups excluding tert-OH is 1. The summed E-state index contributed by atoms with van der Waals surface area (Å²) in [7, 11) is 0. The summed E-state index contributed by atoms with van der Waals surface area (Å²) in [4.78, 5) is 4.24. The molecule has 1 heterocycles. The molecule has 1 aromatic heterocycles. The van der Waals surface area contributed by atoms with E-state index >= 15 is 0 Å². The molecule has 98 valence electrons. The molecule has 17 heavy (non-hydrogen) atoms. The highest BCUT2D eigenvalue weighted by atomic mass is 32.2. The van der Waals surface area contributed by atoms with Gasteiger partial charge in [0, 0.05) is 28.9 Å². The lowest BCUT2D eigenvalue weighted by Crippen LogP contribution is -2.49. The van der Waals surface area contributed by atoms with Crippen molar-refractivity contribution >= 4 is 23.1 Å². The maximum Gasteiger partial charge on any atom is 0.149 e. The third-order valence-corrected chi connectivity index (χ3v) is 4.55. The van der Waals surface area contributed by atoms with Crippen LogP contribution in [0.5, 0.6) is 0 Å². The zero-order chi connectivity index (χ0) is 12.7. The maximum absolute atomic E-state index is 9.44. The topological polar surface area (TPSA) is 45.1 Å². The normalized spacial score (nSPS) is 15.1. The number of rotatable bonds is 8. The molecule has 0 fully saturated rings. The van der Waals surface area contributed by atoms with Crippen LogP contribution in [0.2, 0.25) is 0 Å². The molecule has 1 aromatic rings. The van der Waals surface area contributed by atoms with Crippen molar-refractivity contribution in [1.82, 2.24) is 10.3 Å². The molecule has 0 saturated heterocycles. The monoisotopic (exact) mass is 274 g/mol. The molecule has 5 heteroatoms. The van der Waals surface area contributed by atoms with Gasteiger partial charge in [-0.3, -0.25) is 0 Å². The summed E-state index contributed by atoms with van der Waals surface area (Å²) >= 11 is 3.48. The van der Waals surface area contributed by atoms with Gasteiger partial charge < -0.3 is 10.4 Å². The third kappa shape index (κ3) is 5.86. The van der Waals surface area contributed by atoms with Crippen LogP contribution >= 0.6 is 23.1 Å². The van der Waals surface area contributed by atoms with Crippen LogP contribution in [0.1, 0.15) is 33.6 Å². The van der Waals surface area contributed by atoms with Crippen LogP contribution in [0.3, 0.4) is 0 Å². The zero-order valence-electron chi connectivity index (χ0n) is 10.8. The number of aromatic nitrogens is 1. The van der Waals surface area contributed by atoms with Gasteiger partial charge in [0.05, 0.1) is 6.61 Å².